The molecule has 1 aromatic rings. The van der Waals surface area contributed by atoms with Gasteiger partial charge in [0.2, 0.25) is 0 Å². The fraction of sp³-hybridized carbons (Fsp3) is 0.600. The van der Waals surface area contributed by atoms with E-state index in [-0.39, 0.29) is 0 Å². The molecule has 1 unspecified atom stereocenters. The van der Waals surface area contributed by atoms with Crippen LogP contribution in [-0.2, 0) is 13.0 Å². The van der Waals surface area contributed by atoms with Crippen molar-refractivity contribution in [3.05, 3.63) is 35.4 Å². The van der Waals surface area contributed by atoms with Crippen LogP contribution in [0.25, 0.3) is 0 Å². The Morgan fingerprint density at radius 3 is 2.65 bits per heavy atom. The molecule has 0 saturated heterocycles. The fourth-order valence-electron chi connectivity index (χ4n) is 2.56. The lowest BCUT2D eigenvalue weighted by Crippen LogP contribution is -2.45. The van der Waals surface area contributed by atoms with Gasteiger partial charge in [0.25, 0.3) is 0 Å². The van der Waals surface area contributed by atoms with E-state index in [0.717, 1.165) is 25.4 Å². The third-order valence-corrected chi connectivity index (χ3v) is 3.73. The number of nitrogens with two attached hydrogens (primary N) is 1. The number of rotatable bonds is 4. The Morgan fingerprint density at radius 1 is 1.29 bits per heavy atom. The number of nitrogens with zero attached hydrogens (tertiary/aromatic N) is 1. The normalized spacial score (nSPS) is 20.6. The van der Waals surface area contributed by atoms with E-state index in [2.05, 4.69) is 43.0 Å². The molecule has 1 aliphatic rings. The van der Waals surface area contributed by atoms with E-state index in [9.17, 15) is 0 Å². The molecule has 0 spiro atoms. The quantitative estimate of drug-likeness (QED) is 0.864. The van der Waals surface area contributed by atoms with Crippen molar-refractivity contribution in [2.45, 2.75) is 39.3 Å². The number of fused-ring (bicyclic) bond motifs is 1. The van der Waals surface area contributed by atoms with Gasteiger partial charge in [0.1, 0.15) is 0 Å². The second-order valence-corrected chi connectivity index (χ2v) is 5.52. The Balaban J connectivity index is 2.07. The van der Waals surface area contributed by atoms with Crippen LogP contribution in [-0.4, -0.2) is 24.0 Å². The molecule has 2 nitrogen and oxygen atoms in total. The van der Waals surface area contributed by atoms with Crippen LogP contribution >= 0.6 is 0 Å². The molecule has 1 aromatic carbocycles. The topological polar surface area (TPSA) is 29.3 Å². The monoisotopic (exact) mass is 232 g/mol. The molecule has 0 fully saturated rings. The first-order valence-corrected chi connectivity index (χ1v) is 6.71. The molecule has 0 radical (unpaired) electrons. The zero-order valence-corrected chi connectivity index (χ0v) is 11.0. The summed E-state index contributed by atoms with van der Waals surface area (Å²) >= 11 is 0. The molecule has 0 aromatic heterocycles. The maximum Gasteiger partial charge on any atom is 0.0262 e. The standard InChI is InChI=1S/C15H24N2/c1-12(2)7-8-17-11-14-6-4-3-5-13(14)9-15(17)10-16/h3-6,12,15H,7-11,16H2,1-2H3. The summed E-state index contributed by atoms with van der Waals surface area (Å²) in [5.41, 5.74) is 8.89. The van der Waals surface area contributed by atoms with Crippen LogP contribution < -0.4 is 5.73 Å². The van der Waals surface area contributed by atoms with Crippen LogP contribution in [0.4, 0.5) is 0 Å². The summed E-state index contributed by atoms with van der Waals surface area (Å²) in [7, 11) is 0. The fourth-order valence-corrected chi connectivity index (χ4v) is 2.56. The molecule has 17 heavy (non-hydrogen) atoms. The van der Waals surface area contributed by atoms with E-state index in [4.69, 9.17) is 5.73 Å². The number of benzene rings is 1. The molecule has 0 saturated carbocycles. The molecular weight excluding hydrogens is 208 g/mol. The van der Waals surface area contributed by atoms with Gasteiger partial charge in [-0.25, -0.2) is 0 Å². The molecular formula is C15H24N2. The minimum absolute atomic E-state index is 0.531. The zero-order chi connectivity index (χ0) is 12.3. The summed E-state index contributed by atoms with van der Waals surface area (Å²) in [6.07, 6.45) is 2.38. The first-order valence-electron chi connectivity index (χ1n) is 6.71. The first kappa shape index (κ1) is 12.6. The first-order chi connectivity index (χ1) is 8.20. The largest absolute Gasteiger partial charge is 0.329 e. The van der Waals surface area contributed by atoms with E-state index in [1.54, 1.807) is 0 Å². The Kier molecular flexibility index (Phi) is 4.19. The van der Waals surface area contributed by atoms with E-state index in [1.807, 2.05) is 0 Å². The molecule has 1 atom stereocenters. The van der Waals surface area contributed by atoms with E-state index in [1.165, 1.54) is 24.1 Å². The summed E-state index contributed by atoms with van der Waals surface area (Å²) < 4.78 is 0. The highest BCUT2D eigenvalue weighted by molar-refractivity contribution is 5.30. The van der Waals surface area contributed by atoms with Crippen molar-refractivity contribution in [1.29, 1.82) is 0 Å². The zero-order valence-electron chi connectivity index (χ0n) is 11.0. The third-order valence-electron chi connectivity index (χ3n) is 3.73. The highest BCUT2D eigenvalue weighted by atomic mass is 15.2. The van der Waals surface area contributed by atoms with Crippen molar-refractivity contribution in [2.75, 3.05) is 13.1 Å². The molecule has 0 amide bonds. The van der Waals surface area contributed by atoms with E-state index < -0.39 is 0 Å². The van der Waals surface area contributed by atoms with Gasteiger partial charge < -0.3 is 5.73 Å². The summed E-state index contributed by atoms with van der Waals surface area (Å²) in [5, 5.41) is 0. The predicted molar refractivity (Wildman–Crippen MR) is 72.9 cm³/mol. The van der Waals surface area contributed by atoms with Crippen molar-refractivity contribution in [2.24, 2.45) is 11.7 Å². The Bertz CT molecular complexity index is 360. The number of hydrogen-bond donors (Lipinski definition) is 1. The summed E-state index contributed by atoms with van der Waals surface area (Å²) in [6.45, 7) is 7.59. The van der Waals surface area contributed by atoms with E-state index >= 15 is 0 Å². The van der Waals surface area contributed by atoms with Gasteiger partial charge in [0.05, 0.1) is 0 Å². The maximum absolute atomic E-state index is 5.92. The van der Waals surface area contributed by atoms with Crippen LogP contribution in [0.5, 0.6) is 0 Å². The smallest absolute Gasteiger partial charge is 0.0262 e. The molecule has 1 aliphatic heterocycles. The molecule has 0 aliphatic carbocycles. The molecule has 94 valence electrons. The number of hydrogen-bond acceptors (Lipinski definition) is 2. The lowest BCUT2D eigenvalue weighted by atomic mass is 9.93. The van der Waals surface area contributed by atoms with Gasteiger partial charge in [-0.15, -0.1) is 0 Å². The van der Waals surface area contributed by atoms with Crippen molar-refractivity contribution >= 4 is 0 Å². The van der Waals surface area contributed by atoms with E-state index in [0.29, 0.717) is 6.04 Å². The summed E-state index contributed by atoms with van der Waals surface area (Å²) in [5.74, 6) is 0.769. The van der Waals surface area contributed by atoms with Crippen molar-refractivity contribution in [1.82, 2.24) is 4.90 Å². The van der Waals surface area contributed by atoms with Crippen molar-refractivity contribution in [3.8, 4) is 0 Å². The third kappa shape index (κ3) is 3.08. The second kappa shape index (κ2) is 5.65. The van der Waals surface area contributed by atoms with Crippen LogP contribution in [0.1, 0.15) is 31.4 Å². The Hall–Kier alpha value is -0.860. The maximum atomic E-state index is 5.92. The molecule has 2 heteroatoms. The molecule has 2 N–H and O–H groups in total. The molecule has 1 heterocycles. The summed E-state index contributed by atoms with van der Waals surface area (Å²) in [6, 6.07) is 9.31. The SMILES string of the molecule is CC(C)CCN1Cc2ccccc2CC1CN. The van der Waals surface area contributed by atoms with Gasteiger partial charge in [0.15, 0.2) is 0 Å². The summed E-state index contributed by atoms with van der Waals surface area (Å²) in [4.78, 5) is 2.56. The van der Waals surface area contributed by atoms with Gasteiger partial charge in [-0.1, -0.05) is 38.1 Å². The Labute approximate surface area is 105 Å². The lowest BCUT2D eigenvalue weighted by molar-refractivity contribution is 0.167. The van der Waals surface area contributed by atoms with Crippen LogP contribution in [0.15, 0.2) is 24.3 Å². The average molecular weight is 232 g/mol. The minimum Gasteiger partial charge on any atom is -0.329 e. The van der Waals surface area contributed by atoms with Crippen LogP contribution in [0.3, 0.4) is 0 Å². The van der Waals surface area contributed by atoms with Crippen LogP contribution in [0, 0.1) is 5.92 Å². The minimum atomic E-state index is 0.531. The van der Waals surface area contributed by atoms with Crippen LogP contribution in [0.2, 0.25) is 0 Å². The second-order valence-electron chi connectivity index (χ2n) is 5.52. The molecule has 2 rings (SSSR count). The Morgan fingerprint density at radius 2 is 2.00 bits per heavy atom. The van der Waals surface area contributed by atoms with Gasteiger partial charge in [-0.05, 0) is 36.4 Å². The van der Waals surface area contributed by atoms with Crippen molar-refractivity contribution < 1.29 is 0 Å². The van der Waals surface area contributed by atoms with Gasteiger partial charge in [0, 0.05) is 19.1 Å². The van der Waals surface area contributed by atoms with Gasteiger partial charge >= 0.3 is 0 Å². The predicted octanol–water partition coefficient (Wildman–Crippen LogP) is 2.42. The van der Waals surface area contributed by atoms with Gasteiger partial charge in [-0.3, -0.25) is 4.90 Å². The average Bonchev–Trinajstić information content (AvgIpc) is 2.35. The highest BCUT2D eigenvalue weighted by Gasteiger charge is 2.24. The van der Waals surface area contributed by atoms with Gasteiger partial charge in [-0.2, -0.15) is 0 Å². The molecule has 0 bridgehead atoms. The van der Waals surface area contributed by atoms with Crippen molar-refractivity contribution in [3.63, 3.8) is 0 Å². The lowest BCUT2D eigenvalue weighted by Gasteiger charge is -2.36. The highest BCUT2D eigenvalue weighted by Crippen LogP contribution is 2.23.